The van der Waals surface area contributed by atoms with E-state index >= 15 is 0 Å². The Morgan fingerprint density at radius 1 is 1.04 bits per heavy atom. The van der Waals surface area contributed by atoms with Crippen molar-refractivity contribution < 1.29 is 4.39 Å². The van der Waals surface area contributed by atoms with Gasteiger partial charge in [-0.1, -0.05) is 6.07 Å². The summed E-state index contributed by atoms with van der Waals surface area (Å²) >= 11 is 0. The van der Waals surface area contributed by atoms with Crippen LogP contribution in [0, 0.1) is 19.7 Å². The van der Waals surface area contributed by atoms with Crippen LogP contribution < -0.4 is 10.9 Å². The molecule has 2 aromatic carbocycles. The minimum Gasteiger partial charge on any atom is -0.341 e. The van der Waals surface area contributed by atoms with Gasteiger partial charge >= 0.3 is 0 Å². The molecule has 0 fully saturated rings. The first-order valence-corrected chi connectivity index (χ1v) is 8.48. The third kappa shape index (κ3) is 2.99. The van der Waals surface area contributed by atoms with E-state index in [1.807, 2.05) is 6.07 Å². The molecule has 2 aromatic heterocycles. The Hall–Kier alpha value is -2.99. The molecule has 0 aliphatic rings. The lowest BCUT2D eigenvalue weighted by Gasteiger charge is -2.05. The summed E-state index contributed by atoms with van der Waals surface area (Å²) in [4.78, 5) is 22.8. The number of imidazole rings is 1. The first kappa shape index (κ1) is 16.5. The number of aromatic nitrogens is 3. The number of halogens is 1. The lowest BCUT2D eigenvalue weighted by atomic mass is 10.1. The molecule has 2 heterocycles. The van der Waals surface area contributed by atoms with Crippen LogP contribution in [0.15, 0.2) is 41.2 Å². The number of hydrogen-bond acceptors (Lipinski definition) is 3. The molecular formula is C20H19FN4O. The highest BCUT2D eigenvalue weighted by Crippen LogP contribution is 2.19. The zero-order valence-corrected chi connectivity index (χ0v) is 14.6. The molecule has 26 heavy (non-hydrogen) atoms. The van der Waals surface area contributed by atoms with E-state index in [4.69, 9.17) is 0 Å². The lowest BCUT2D eigenvalue weighted by molar-refractivity contribution is 0.629. The summed E-state index contributed by atoms with van der Waals surface area (Å²) in [5, 5.41) is 4.05. The number of H-pyrrole nitrogens is 2. The third-order valence-electron chi connectivity index (χ3n) is 4.72. The highest BCUT2D eigenvalue weighted by atomic mass is 19.1. The molecule has 0 unspecified atom stereocenters. The van der Waals surface area contributed by atoms with Gasteiger partial charge in [0.15, 0.2) is 0 Å². The van der Waals surface area contributed by atoms with Crippen molar-refractivity contribution in [2.75, 3.05) is 0 Å². The molecule has 6 heteroatoms. The van der Waals surface area contributed by atoms with Crippen molar-refractivity contribution in [3.05, 3.63) is 75.1 Å². The number of benzene rings is 2. The number of aromatic amines is 2. The Balaban J connectivity index is 1.52. The van der Waals surface area contributed by atoms with E-state index in [1.54, 1.807) is 12.1 Å². The summed E-state index contributed by atoms with van der Waals surface area (Å²) in [5.41, 5.74) is 5.26. The van der Waals surface area contributed by atoms with Gasteiger partial charge in [0, 0.05) is 12.1 Å². The van der Waals surface area contributed by atoms with Crippen LogP contribution in [0.5, 0.6) is 0 Å². The molecule has 4 aromatic rings. The minimum absolute atomic E-state index is 0.216. The van der Waals surface area contributed by atoms with E-state index in [-0.39, 0.29) is 11.4 Å². The first-order valence-electron chi connectivity index (χ1n) is 8.48. The second-order valence-corrected chi connectivity index (χ2v) is 6.55. The van der Waals surface area contributed by atoms with Crippen LogP contribution in [0.25, 0.3) is 21.9 Å². The molecule has 0 aliphatic carbocycles. The van der Waals surface area contributed by atoms with Gasteiger partial charge in [-0.25, -0.2) is 9.37 Å². The summed E-state index contributed by atoms with van der Waals surface area (Å²) < 4.78 is 13.3. The van der Waals surface area contributed by atoms with Crippen molar-refractivity contribution >= 4 is 21.9 Å². The standard InChI is InChI=1S/C20H19FN4O/c1-11-3-6-16-19(12(11)2)25-18(23-16)10-22-9-14-7-13-4-5-15(21)8-17(13)24-20(14)26/h3-8,22H,9-10H2,1-2H3,(H,23,25)(H,24,26). The largest absolute Gasteiger partial charge is 0.341 e. The number of hydrogen-bond donors (Lipinski definition) is 3. The maximum Gasteiger partial charge on any atom is 0.252 e. The van der Waals surface area contributed by atoms with Crippen LogP contribution in [-0.4, -0.2) is 15.0 Å². The molecule has 0 saturated carbocycles. The fraction of sp³-hybridized carbons (Fsp3) is 0.200. The van der Waals surface area contributed by atoms with Crippen LogP contribution >= 0.6 is 0 Å². The molecular weight excluding hydrogens is 331 g/mol. The molecule has 0 saturated heterocycles. The number of fused-ring (bicyclic) bond motifs is 2. The average Bonchev–Trinajstić information content (AvgIpc) is 3.02. The van der Waals surface area contributed by atoms with Crippen molar-refractivity contribution in [1.82, 2.24) is 20.3 Å². The molecule has 0 amide bonds. The zero-order valence-electron chi connectivity index (χ0n) is 14.6. The number of nitrogens with zero attached hydrogens (tertiary/aromatic N) is 1. The van der Waals surface area contributed by atoms with E-state index < -0.39 is 0 Å². The quantitative estimate of drug-likeness (QED) is 0.528. The highest BCUT2D eigenvalue weighted by Gasteiger charge is 2.08. The molecule has 0 aliphatic heterocycles. The maximum atomic E-state index is 13.3. The minimum atomic E-state index is -0.366. The molecule has 4 rings (SSSR count). The Morgan fingerprint density at radius 3 is 2.73 bits per heavy atom. The van der Waals surface area contributed by atoms with Crippen LogP contribution in [0.1, 0.15) is 22.5 Å². The lowest BCUT2D eigenvalue weighted by Crippen LogP contribution is -2.21. The molecule has 0 bridgehead atoms. The van der Waals surface area contributed by atoms with Crippen LogP contribution in [0.2, 0.25) is 0 Å². The van der Waals surface area contributed by atoms with Gasteiger partial charge in [-0.05, 0) is 60.7 Å². The zero-order chi connectivity index (χ0) is 18.3. The van der Waals surface area contributed by atoms with Gasteiger partial charge in [-0.15, -0.1) is 0 Å². The summed E-state index contributed by atoms with van der Waals surface area (Å²) in [5.74, 6) is 0.461. The van der Waals surface area contributed by atoms with Gasteiger partial charge in [-0.2, -0.15) is 0 Å². The SMILES string of the molecule is Cc1ccc2[nH]c(CNCc3cc4ccc(F)cc4[nH]c3=O)nc2c1C. The van der Waals surface area contributed by atoms with E-state index in [1.165, 1.54) is 23.3 Å². The van der Waals surface area contributed by atoms with E-state index in [0.29, 0.717) is 24.2 Å². The molecule has 0 spiro atoms. The van der Waals surface area contributed by atoms with Crippen LogP contribution in [0.4, 0.5) is 4.39 Å². The third-order valence-corrected chi connectivity index (χ3v) is 4.72. The van der Waals surface area contributed by atoms with Crippen molar-refractivity contribution in [3.8, 4) is 0 Å². The first-order chi connectivity index (χ1) is 12.5. The fourth-order valence-electron chi connectivity index (χ4n) is 3.11. The monoisotopic (exact) mass is 350 g/mol. The van der Waals surface area contributed by atoms with Gasteiger partial charge in [0.2, 0.25) is 0 Å². The van der Waals surface area contributed by atoms with Crippen molar-refractivity contribution in [3.63, 3.8) is 0 Å². The highest BCUT2D eigenvalue weighted by molar-refractivity contribution is 5.80. The topological polar surface area (TPSA) is 73.6 Å². The summed E-state index contributed by atoms with van der Waals surface area (Å²) in [6.45, 7) is 5.05. The Morgan fingerprint density at radius 2 is 1.88 bits per heavy atom. The predicted molar refractivity (Wildman–Crippen MR) is 101 cm³/mol. The second-order valence-electron chi connectivity index (χ2n) is 6.55. The maximum absolute atomic E-state index is 13.3. The molecule has 0 radical (unpaired) electrons. The van der Waals surface area contributed by atoms with Gasteiger partial charge in [0.05, 0.1) is 23.1 Å². The number of rotatable bonds is 4. The van der Waals surface area contributed by atoms with Gasteiger partial charge < -0.3 is 15.3 Å². The van der Waals surface area contributed by atoms with Gasteiger partial charge in [0.1, 0.15) is 11.6 Å². The normalized spacial score (nSPS) is 11.5. The Labute approximate surface area is 149 Å². The Bertz CT molecular complexity index is 1180. The average molecular weight is 350 g/mol. The molecule has 5 nitrogen and oxygen atoms in total. The summed E-state index contributed by atoms with van der Waals surface area (Å²) in [6.07, 6.45) is 0. The predicted octanol–water partition coefficient (Wildman–Crippen LogP) is 3.45. The number of aryl methyl sites for hydroxylation is 2. The molecule has 0 atom stereocenters. The van der Waals surface area contributed by atoms with Crippen molar-refractivity contribution in [1.29, 1.82) is 0 Å². The van der Waals surface area contributed by atoms with Crippen LogP contribution in [0.3, 0.4) is 0 Å². The van der Waals surface area contributed by atoms with E-state index in [2.05, 4.69) is 40.2 Å². The number of nitrogens with one attached hydrogen (secondary N) is 3. The van der Waals surface area contributed by atoms with Crippen molar-refractivity contribution in [2.45, 2.75) is 26.9 Å². The van der Waals surface area contributed by atoms with Crippen molar-refractivity contribution in [2.24, 2.45) is 0 Å². The molecule has 132 valence electrons. The number of pyridine rings is 1. The van der Waals surface area contributed by atoms with Gasteiger partial charge in [-0.3, -0.25) is 4.79 Å². The second kappa shape index (κ2) is 6.38. The summed E-state index contributed by atoms with van der Waals surface area (Å²) in [7, 11) is 0. The fourth-order valence-corrected chi connectivity index (χ4v) is 3.11. The van der Waals surface area contributed by atoms with E-state index in [9.17, 15) is 9.18 Å². The Kier molecular flexibility index (Phi) is 4.05. The van der Waals surface area contributed by atoms with Gasteiger partial charge in [0.25, 0.3) is 5.56 Å². The summed E-state index contributed by atoms with van der Waals surface area (Å²) in [6, 6.07) is 10.3. The van der Waals surface area contributed by atoms with E-state index in [0.717, 1.165) is 22.2 Å². The smallest absolute Gasteiger partial charge is 0.252 e. The van der Waals surface area contributed by atoms with Crippen LogP contribution in [-0.2, 0) is 13.1 Å². The molecule has 3 N–H and O–H groups in total.